The quantitative estimate of drug-likeness (QED) is 0.637. The molecule has 2 nitrogen and oxygen atoms in total. The standard InChI is InChI=1S/C10H16O2/c1-8(2)10(12)5-3-9(7-11)4-6-10/h3,7-8,12H,4-6H2,1-2H3/t10-/m0/s1. The molecule has 0 unspecified atom stereocenters. The van der Waals surface area contributed by atoms with Crippen molar-refractivity contribution in [2.24, 2.45) is 5.92 Å². The average molecular weight is 168 g/mol. The van der Waals surface area contributed by atoms with Gasteiger partial charge in [-0.05, 0) is 30.8 Å². The smallest absolute Gasteiger partial charge is 0.145 e. The van der Waals surface area contributed by atoms with Gasteiger partial charge in [-0.3, -0.25) is 4.79 Å². The molecular formula is C10H16O2. The van der Waals surface area contributed by atoms with Crippen molar-refractivity contribution < 1.29 is 9.90 Å². The van der Waals surface area contributed by atoms with Crippen LogP contribution in [0.5, 0.6) is 0 Å². The van der Waals surface area contributed by atoms with Crippen molar-refractivity contribution in [3.05, 3.63) is 11.6 Å². The maximum atomic E-state index is 10.4. The van der Waals surface area contributed by atoms with Gasteiger partial charge in [-0.1, -0.05) is 19.9 Å². The minimum Gasteiger partial charge on any atom is -0.389 e. The van der Waals surface area contributed by atoms with Gasteiger partial charge in [0, 0.05) is 0 Å². The average Bonchev–Trinajstić information content (AvgIpc) is 2.06. The van der Waals surface area contributed by atoms with E-state index in [4.69, 9.17) is 0 Å². The molecular weight excluding hydrogens is 152 g/mol. The number of hydrogen-bond donors (Lipinski definition) is 1. The van der Waals surface area contributed by atoms with Crippen LogP contribution in [0.3, 0.4) is 0 Å². The first-order chi connectivity index (χ1) is 5.58. The molecule has 1 aliphatic rings. The SMILES string of the molecule is CC(C)[C@]1(O)CC=C(C=O)CC1. The summed E-state index contributed by atoms with van der Waals surface area (Å²) in [4.78, 5) is 10.4. The zero-order chi connectivity index (χ0) is 9.19. The summed E-state index contributed by atoms with van der Waals surface area (Å²) in [5.41, 5.74) is 0.257. The van der Waals surface area contributed by atoms with Gasteiger partial charge in [0.25, 0.3) is 0 Å². The monoisotopic (exact) mass is 168 g/mol. The molecule has 0 bridgehead atoms. The van der Waals surface area contributed by atoms with Gasteiger partial charge < -0.3 is 5.11 Å². The van der Waals surface area contributed by atoms with Crippen molar-refractivity contribution >= 4 is 6.29 Å². The number of rotatable bonds is 2. The van der Waals surface area contributed by atoms with Crippen molar-refractivity contribution in [2.75, 3.05) is 0 Å². The first-order valence-corrected chi connectivity index (χ1v) is 4.45. The topological polar surface area (TPSA) is 37.3 Å². The largest absolute Gasteiger partial charge is 0.389 e. The molecule has 0 radical (unpaired) electrons. The molecule has 2 heteroatoms. The molecule has 68 valence electrons. The minimum atomic E-state index is -0.577. The molecule has 0 saturated carbocycles. The Bertz CT molecular complexity index is 206. The van der Waals surface area contributed by atoms with Crippen molar-refractivity contribution in [1.29, 1.82) is 0 Å². The fraction of sp³-hybridized carbons (Fsp3) is 0.700. The Morgan fingerprint density at radius 2 is 2.33 bits per heavy atom. The second-order valence-electron chi connectivity index (χ2n) is 3.86. The van der Waals surface area contributed by atoms with Gasteiger partial charge in [-0.25, -0.2) is 0 Å². The molecule has 1 N–H and O–H groups in total. The lowest BCUT2D eigenvalue weighted by Gasteiger charge is -2.34. The lowest BCUT2D eigenvalue weighted by atomic mass is 9.78. The van der Waals surface area contributed by atoms with E-state index in [1.165, 1.54) is 0 Å². The van der Waals surface area contributed by atoms with Crippen molar-refractivity contribution in [1.82, 2.24) is 0 Å². The molecule has 1 atom stereocenters. The first kappa shape index (κ1) is 9.46. The van der Waals surface area contributed by atoms with Crippen LogP contribution in [0, 0.1) is 5.92 Å². The van der Waals surface area contributed by atoms with Crippen molar-refractivity contribution in [3.63, 3.8) is 0 Å². The van der Waals surface area contributed by atoms with Gasteiger partial charge in [0.15, 0.2) is 0 Å². The summed E-state index contributed by atoms with van der Waals surface area (Å²) < 4.78 is 0. The highest BCUT2D eigenvalue weighted by molar-refractivity contribution is 5.73. The molecule has 0 fully saturated rings. The van der Waals surface area contributed by atoms with Crippen LogP contribution in [0.1, 0.15) is 33.1 Å². The van der Waals surface area contributed by atoms with Gasteiger partial charge in [0.2, 0.25) is 0 Å². The van der Waals surface area contributed by atoms with Crippen LogP contribution < -0.4 is 0 Å². The molecule has 1 aliphatic carbocycles. The molecule has 0 aromatic carbocycles. The number of allylic oxidation sites excluding steroid dienone is 1. The highest BCUT2D eigenvalue weighted by Gasteiger charge is 2.32. The highest BCUT2D eigenvalue weighted by Crippen LogP contribution is 2.32. The summed E-state index contributed by atoms with van der Waals surface area (Å²) in [6.45, 7) is 4.03. The van der Waals surface area contributed by atoms with Crippen LogP contribution in [0.15, 0.2) is 11.6 Å². The lowest BCUT2D eigenvalue weighted by molar-refractivity contribution is -0.105. The van der Waals surface area contributed by atoms with Crippen LogP contribution in [-0.4, -0.2) is 17.0 Å². The third-order valence-electron chi connectivity index (χ3n) is 2.79. The van der Waals surface area contributed by atoms with E-state index in [2.05, 4.69) is 0 Å². The Morgan fingerprint density at radius 3 is 2.67 bits per heavy atom. The van der Waals surface area contributed by atoms with Gasteiger partial charge in [-0.15, -0.1) is 0 Å². The molecule has 0 amide bonds. The lowest BCUT2D eigenvalue weighted by Crippen LogP contribution is -2.36. The molecule has 0 aliphatic heterocycles. The van der Waals surface area contributed by atoms with Crippen LogP contribution >= 0.6 is 0 Å². The maximum absolute atomic E-state index is 10.4. The number of hydrogen-bond acceptors (Lipinski definition) is 2. The molecule has 0 aromatic rings. The predicted molar refractivity (Wildman–Crippen MR) is 47.8 cm³/mol. The van der Waals surface area contributed by atoms with Crippen LogP contribution in [0.2, 0.25) is 0 Å². The van der Waals surface area contributed by atoms with E-state index in [0.29, 0.717) is 6.42 Å². The summed E-state index contributed by atoms with van der Waals surface area (Å²) in [5, 5.41) is 10.0. The van der Waals surface area contributed by atoms with Crippen molar-refractivity contribution in [3.8, 4) is 0 Å². The summed E-state index contributed by atoms with van der Waals surface area (Å²) in [6, 6.07) is 0. The van der Waals surface area contributed by atoms with Gasteiger partial charge in [0.1, 0.15) is 6.29 Å². The Morgan fingerprint density at radius 1 is 1.67 bits per heavy atom. The Labute approximate surface area is 73.3 Å². The van der Waals surface area contributed by atoms with Crippen LogP contribution in [-0.2, 0) is 4.79 Å². The van der Waals surface area contributed by atoms with E-state index < -0.39 is 5.60 Å². The third-order valence-corrected chi connectivity index (χ3v) is 2.79. The number of carbonyl (C=O) groups excluding carboxylic acids is 1. The number of carbonyl (C=O) groups is 1. The maximum Gasteiger partial charge on any atom is 0.145 e. The van der Waals surface area contributed by atoms with Gasteiger partial charge in [0.05, 0.1) is 5.60 Å². The Hall–Kier alpha value is -0.630. The molecule has 0 heterocycles. The summed E-state index contributed by atoms with van der Waals surface area (Å²) in [7, 11) is 0. The zero-order valence-electron chi connectivity index (χ0n) is 7.71. The summed E-state index contributed by atoms with van der Waals surface area (Å²) in [6.07, 6.45) is 4.81. The zero-order valence-corrected chi connectivity index (χ0v) is 7.71. The van der Waals surface area contributed by atoms with E-state index in [9.17, 15) is 9.90 Å². The van der Waals surface area contributed by atoms with E-state index in [-0.39, 0.29) is 5.92 Å². The van der Waals surface area contributed by atoms with Crippen LogP contribution in [0.4, 0.5) is 0 Å². The van der Waals surface area contributed by atoms with Crippen LogP contribution in [0.25, 0.3) is 0 Å². The molecule has 0 saturated heterocycles. The molecule has 12 heavy (non-hydrogen) atoms. The number of aldehydes is 1. The Kier molecular flexibility index (Phi) is 2.68. The fourth-order valence-corrected chi connectivity index (χ4v) is 1.50. The molecule has 0 spiro atoms. The third kappa shape index (κ3) is 1.75. The van der Waals surface area contributed by atoms with E-state index in [0.717, 1.165) is 24.7 Å². The molecule has 1 rings (SSSR count). The first-order valence-electron chi connectivity index (χ1n) is 4.45. The Balaban J connectivity index is 2.67. The van der Waals surface area contributed by atoms with E-state index in [1.54, 1.807) is 0 Å². The van der Waals surface area contributed by atoms with E-state index >= 15 is 0 Å². The molecule has 0 aromatic heterocycles. The summed E-state index contributed by atoms with van der Waals surface area (Å²) >= 11 is 0. The minimum absolute atomic E-state index is 0.266. The second-order valence-corrected chi connectivity index (χ2v) is 3.86. The van der Waals surface area contributed by atoms with Gasteiger partial charge in [-0.2, -0.15) is 0 Å². The van der Waals surface area contributed by atoms with Gasteiger partial charge >= 0.3 is 0 Å². The highest BCUT2D eigenvalue weighted by atomic mass is 16.3. The predicted octanol–water partition coefficient (Wildman–Crippen LogP) is 1.68. The van der Waals surface area contributed by atoms with Crippen molar-refractivity contribution in [2.45, 2.75) is 38.7 Å². The second kappa shape index (κ2) is 3.40. The summed E-state index contributed by atoms with van der Waals surface area (Å²) in [5.74, 6) is 0.266. The number of aliphatic hydroxyl groups is 1. The van der Waals surface area contributed by atoms with E-state index in [1.807, 2.05) is 19.9 Å². The normalized spacial score (nSPS) is 30.2. The fourth-order valence-electron chi connectivity index (χ4n) is 1.50.